The molecule has 0 aliphatic heterocycles. The van der Waals surface area contributed by atoms with Crippen molar-refractivity contribution in [3.05, 3.63) is 29.8 Å². The number of aryl methyl sites for hydroxylation is 1. The topological polar surface area (TPSA) is 55.6 Å². The maximum Gasteiger partial charge on any atom is 0.225 e. The minimum Gasteiger partial charge on any atom is -0.493 e. The van der Waals surface area contributed by atoms with Crippen molar-refractivity contribution in [1.82, 2.24) is 4.90 Å². The molecule has 2 N–H and O–H groups in total. The van der Waals surface area contributed by atoms with Crippen LogP contribution in [0.1, 0.15) is 18.9 Å². The van der Waals surface area contributed by atoms with Crippen LogP contribution in [-0.4, -0.2) is 37.0 Å². The Morgan fingerprint density at radius 1 is 1.50 bits per heavy atom. The second-order valence-electron chi connectivity index (χ2n) is 4.67. The highest BCUT2D eigenvalue weighted by Gasteiger charge is 2.10. The molecule has 1 rings (SSSR count). The minimum absolute atomic E-state index is 0.00311. The van der Waals surface area contributed by atoms with E-state index >= 15 is 0 Å². The maximum atomic E-state index is 11.7. The van der Waals surface area contributed by atoms with Crippen LogP contribution in [0.25, 0.3) is 0 Å². The van der Waals surface area contributed by atoms with Crippen LogP contribution in [0.3, 0.4) is 0 Å². The van der Waals surface area contributed by atoms with E-state index in [0.29, 0.717) is 19.6 Å². The van der Waals surface area contributed by atoms with Gasteiger partial charge in [0.15, 0.2) is 0 Å². The zero-order valence-corrected chi connectivity index (χ0v) is 11.3. The van der Waals surface area contributed by atoms with E-state index in [9.17, 15) is 4.79 Å². The van der Waals surface area contributed by atoms with Gasteiger partial charge in [-0.3, -0.25) is 4.79 Å². The minimum atomic E-state index is -0.00311. The van der Waals surface area contributed by atoms with E-state index in [1.54, 1.807) is 11.9 Å². The first-order valence-electron chi connectivity index (χ1n) is 6.18. The van der Waals surface area contributed by atoms with Gasteiger partial charge in [0.25, 0.3) is 0 Å². The molecule has 4 heteroatoms. The van der Waals surface area contributed by atoms with Crippen LogP contribution >= 0.6 is 0 Å². The SMILES string of the molecule is Cc1cccc(OCCC(=O)N(C)CC(C)N)c1. The van der Waals surface area contributed by atoms with Crippen molar-refractivity contribution in [2.45, 2.75) is 26.3 Å². The largest absolute Gasteiger partial charge is 0.493 e. The summed E-state index contributed by atoms with van der Waals surface area (Å²) in [4.78, 5) is 13.4. The van der Waals surface area contributed by atoms with Gasteiger partial charge in [-0.15, -0.1) is 0 Å². The molecule has 0 aliphatic rings. The summed E-state index contributed by atoms with van der Waals surface area (Å²) in [6, 6.07) is 7.79. The summed E-state index contributed by atoms with van der Waals surface area (Å²) in [5.41, 5.74) is 6.79. The molecule has 1 amide bonds. The van der Waals surface area contributed by atoms with Crippen molar-refractivity contribution < 1.29 is 9.53 Å². The smallest absolute Gasteiger partial charge is 0.225 e. The van der Waals surface area contributed by atoms with Crippen LogP contribution in [-0.2, 0) is 4.79 Å². The molecule has 1 unspecified atom stereocenters. The van der Waals surface area contributed by atoms with Crippen LogP contribution in [0.2, 0.25) is 0 Å². The fourth-order valence-corrected chi connectivity index (χ4v) is 1.69. The third kappa shape index (κ3) is 5.19. The summed E-state index contributed by atoms with van der Waals surface area (Å²) in [6.45, 7) is 4.86. The summed E-state index contributed by atoms with van der Waals surface area (Å²) in [6.07, 6.45) is 0.372. The lowest BCUT2D eigenvalue weighted by molar-refractivity contribution is -0.130. The quantitative estimate of drug-likeness (QED) is 0.833. The van der Waals surface area contributed by atoms with Crippen LogP contribution in [0, 0.1) is 6.92 Å². The lowest BCUT2D eigenvalue weighted by Gasteiger charge is -2.19. The monoisotopic (exact) mass is 250 g/mol. The summed E-state index contributed by atoms with van der Waals surface area (Å²) < 4.78 is 5.53. The van der Waals surface area contributed by atoms with Crippen LogP contribution in [0.15, 0.2) is 24.3 Å². The highest BCUT2D eigenvalue weighted by molar-refractivity contribution is 5.76. The Morgan fingerprint density at radius 2 is 2.22 bits per heavy atom. The van der Waals surface area contributed by atoms with Crippen LogP contribution < -0.4 is 10.5 Å². The number of carbonyl (C=O) groups is 1. The fraction of sp³-hybridized carbons (Fsp3) is 0.500. The summed E-state index contributed by atoms with van der Waals surface area (Å²) in [5.74, 6) is 0.859. The second kappa shape index (κ2) is 7.01. The molecule has 0 radical (unpaired) electrons. The van der Waals surface area contributed by atoms with Gasteiger partial charge >= 0.3 is 0 Å². The maximum absolute atomic E-state index is 11.7. The molecule has 0 bridgehead atoms. The van der Waals surface area contributed by atoms with Gasteiger partial charge in [-0.25, -0.2) is 0 Å². The second-order valence-corrected chi connectivity index (χ2v) is 4.67. The molecule has 0 saturated carbocycles. The molecule has 1 aromatic carbocycles. The Hall–Kier alpha value is -1.55. The van der Waals surface area contributed by atoms with Crippen molar-refractivity contribution in [3.63, 3.8) is 0 Å². The molecule has 0 saturated heterocycles. The average molecular weight is 250 g/mol. The molecular weight excluding hydrogens is 228 g/mol. The number of carbonyl (C=O) groups excluding carboxylic acids is 1. The van der Waals surface area contributed by atoms with Gasteiger partial charge in [0.1, 0.15) is 5.75 Å². The van der Waals surface area contributed by atoms with Crippen molar-refractivity contribution in [3.8, 4) is 5.75 Å². The molecule has 1 atom stereocenters. The lowest BCUT2D eigenvalue weighted by Crippen LogP contribution is -2.37. The highest BCUT2D eigenvalue weighted by Crippen LogP contribution is 2.12. The van der Waals surface area contributed by atoms with Gasteiger partial charge in [0.05, 0.1) is 13.0 Å². The van der Waals surface area contributed by atoms with Gasteiger partial charge in [0, 0.05) is 19.6 Å². The number of ether oxygens (including phenoxy) is 1. The Morgan fingerprint density at radius 3 is 2.83 bits per heavy atom. The highest BCUT2D eigenvalue weighted by atomic mass is 16.5. The van der Waals surface area contributed by atoms with Crippen molar-refractivity contribution in [2.75, 3.05) is 20.2 Å². The zero-order chi connectivity index (χ0) is 13.5. The first kappa shape index (κ1) is 14.5. The van der Waals surface area contributed by atoms with E-state index in [1.165, 1.54) is 0 Å². The van der Waals surface area contributed by atoms with Gasteiger partial charge in [-0.1, -0.05) is 12.1 Å². The van der Waals surface area contributed by atoms with E-state index in [-0.39, 0.29) is 11.9 Å². The zero-order valence-electron chi connectivity index (χ0n) is 11.3. The van der Waals surface area contributed by atoms with E-state index in [2.05, 4.69) is 0 Å². The predicted octanol–water partition coefficient (Wildman–Crippen LogP) is 1.57. The molecule has 100 valence electrons. The standard InChI is InChI=1S/C14H22N2O2/c1-11-5-4-6-13(9-11)18-8-7-14(17)16(3)10-12(2)15/h4-6,9,12H,7-8,10,15H2,1-3H3. The first-order valence-corrected chi connectivity index (χ1v) is 6.18. The number of rotatable bonds is 6. The van der Waals surface area contributed by atoms with Gasteiger partial charge in [0.2, 0.25) is 5.91 Å². The molecule has 0 fully saturated rings. The summed E-state index contributed by atoms with van der Waals surface area (Å²) >= 11 is 0. The predicted molar refractivity (Wildman–Crippen MR) is 72.6 cm³/mol. The molecule has 1 aromatic rings. The number of amides is 1. The van der Waals surface area contributed by atoms with E-state index in [0.717, 1.165) is 11.3 Å². The number of nitrogens with two attached hydrogens (primary N) is 1. The summed E-state index contributed by atoms with van der Waals surface area (Å²) in [7, 11) is 1.76. The molecular formula is C14H22N2O2. The van der Waals surface area contributed by atoms with Gasteiger partial charge < -0.3 is 15.4 Å². The molecule has 18 heavy (non-hydrogen) atoms. The average Bonchev–Trinajstić information content (AvgIpc) is 2.28. The van der Waals surface area contributed by atoms with Crippen molar-refractivity contribution in [2.24, 2.45) is 5.73 Å². The molecule has 0 aliphatic carbocycles. The Kier molecular flexibility index (Phi) is 5.65. The summed E-state index contributed by atoms with van der Waals surface area (Å²) in [5, 5.41) is 0. The number of benzene rings is 1. The number of hydrogen-bond donors (Lipinski definition) is 1. The number of likely N-dealkylation sites (N-methyl/N-ethyl adjacent to an activating group) is 1. The number of hydrogen-bond acceptors (Lipinski definition) is 3. The van der Waals surface area contributed by atoms with E-state index in [4.69, 9.17) is 10.5 Å². The van der Waals surface area contributed by atoms with Crippen molar-refractivity contribution >= 4 is 5.91 Å². The van der Waals surface area contributed by atoms with Crippen molar-refractivity contribution in [1.29, 1.82) is 0 Å². The third-order valence-electron chi connectivity index (χ3n) is 2.56. The Labute approximate surface area is 109 Å². The van der Waals surface area contributed by atoms with Crippen LogP contribution in [0.5, 0.6) is 5.75 Å². The number of nitrogens with zero attached hydrogens (tertiary/aromatic N) is 1. The third-order valence-corrected chi connectivity index (χ3v) is 2.56. The van der Waals surface area contributed by atoms with E-state index < -0.39 is 0 Å². The normalized spacial score (nSPS) is 12.0. The Balaban J connectivity index is 2.31. The first-order chi connectivity index (χ1) is 8.49. The Bertz CT molecular complexity index is 391. The molecule has 0 spiro atoms. The van der Waals surface area contributed by atoms with E-state index in [1.807, 2.05) is 38.1 Å². The van der Waals surface area contributed by atoms with Crippen LogP contribution in [0.4, 0.5) is 0 Å². The van der Waals surface area contributed by atoms with Gasteiger partial charge in [-0.05, 0) is 31.5 Å². The molecule has 0 aromatic heterocycles. The molecule has 0 heterocycles. The lowest BCUT2D eigenvalue weighted by atomic mass is 10.2. The van der Waals surface area contributed by atoms with Gasteiger partial charge in [-0.2, -0.15) is 0 Å². The fourth-order valence-electron chi connectivity index (χ4n) is 1.69. The molecule has 4 nitrogen and oxygen atoms in total.